The molecule has 0 saturated heterocycles. The maximum Gasteiger partial charge on any atom is 0.277 e. The molecule has 3 heterocycles. The largest absolute Gasteiger partial charge is 0.492 e. The van der Waals surface area contributed by atoms with Crippen molar-refractivity contribution in [2.24, 2.45) is 0 Å². The Morgan fingerprint density at radius 2 is 2.11 bits per heavy atom. The van der Waals surface area contributed by atoms with Crippen LogP contribution < -0.4 is 10.1 Å². The van der Waals surface area contributed by atoms with E-state index >= 15 is 0 Å². The van der Waals surface area contributed by atoms with Crippen molar-refractivity contribution in [1.82, 2.24) is 24.5 Å². The van der Waals surface area contributed by atoms with E-state index in [0.29, 0.717) is 29.8 Å². The second-order valence-electron chi connectivity index (χ2n) is 6.13. The summed E-state index contributed by atoms with van der Waals surface area (Å²) in [5.74, 6) is 0.997. The summed E-state index contributed by atoms with van der Waals surface area (Å²) in [6.07, 6.45) is 1.78. The second kappa shape index (κ2) is 7.43. The molecular formula is C19H20N6O2S. The van der Waals surface area contributed by atoms with Crippen molar-refractivity contribution >= 4 is 33.3 Å². The van der Waals surface area contributed by atoms with Crippen molar-refractivity contribution in [3.05, 3.63) is 47.9 Å². The first-order chi connectivity index (χ1) is 13.6. The van der Waals surface area contributed by atoms with Crippen LogP contribution in [0.3, 0.4) is 0 Å². The van der Waals surface area contributed by atoms with Gasteiger partial charge >= 0.3 is 0 Å². The van der Waals surface area contributed by atoms with Crippen LogP contribution in [-0.4, -0.2) is 37.1 Å². The molecule has 9 heteroatoms. The molecule has 0 atom stereocenters. The molecule has 0 radical (unpaired) electrons. The number of aryl methyl sites for hydroxylation is 2. The first-order valence-electron chi connectivity index (χ1n) is 9.03. The number of carbonyl (C=O) groups is 1. The van der Waals surface area contributed by atoms with Crippen LogP contribution in [0.5, 0.6) is 5.75 Å². The van der Waals surface area contributed by atoms with Crippen molar-refractivity contribution in [3.8, 4) is 10.9 Å². The predicted octanol–water partition coefficient (Wildman–Crippen LogP) is 3.66. The number of thiazole rings is 1. The van der Waals surface area contributed by atoms with Gasteiger partial charge in [0.05, 0.1) is 17.0 Å². The van der Waals surface area contributed by atoms with Gasteiger partial charge in [-0.25, -0.2) is 4.98 Å². The van der Waals surface area contributed by atoms with E-state index in [9.17, 15) is 4.79 Å². The van der Waals surface area contributed by atoms with Crippen molar-refractivity contribution in [2.75, 3.05) is 11.9 Å². The van der Waals surface area contributed by atoms with Crippen molar-refractivity contribution < 1.29 is 9.53 Å². The minimum Gasteiger partial charge on any atom is -0.492 e. The lowest BCUT2D eigenvalue weighted by Crippen LogP contribution is -2.16. The summed E-state index contributed by atoms with van der Waals surface area (Å²) in [6.45, 7) is 7.06. The maximum atomic E-state index is 12.6. The van der Waals surface area contributed by atoms with E-state index < -0.39 is 0 Å². The van der Waals surface area contributed by atoms with Gasteiger partial charge in [0, 0.05) is 18.8 Å². The van der Waals surface area contributed by atoms with Crippen molar-refractivity contribution in [1.29, 1.82) is 0 Å². The first kappa shape index (κ1) is 18.2. The Morgan fingerprint density at radius 3 is 2.86 bits per heavy atom. The van der Waals surface area contributed by atoms with Gasteiger partial charge in [0.25, 0.3) is 5.91 Å². The molecule has 0 bridgehead atoms. The molecule has 0 unspecified atom stereocenters. The molecule has 1 aromatic carbocycles. The number of nitrogens with zero attached hydrogens (tertiary/aromatic N) is 5. The molecule has 0 fully saturated rings. The van der Waals surface area contributed by atoms with Gasteiger partial charge in [0.15, 0.2) is 5.69 Å². The topological polar surface area (TPSA) is 86.9 Å². The highest BCUT2D eigenvalue weighted by atomic mass is 32.1. The van der Waals surface area contributed by atoms with E-state index in [-0.39, 0.29) is 5.91 Å². The average Bonchev–Trinajstić information content (AvgIpc) is 3.39. The summed E-state index contributed by atoms with van der Waals surface area (Å²) < 4.78 is 10.0. The fourth-order valence-electron chi connectivity index (χ4n) is 2.85. The third-order valence-corrected chi connectivity index (χ3v) is 5.12. The number of benzene rings is 1. The van der Waals surface area contributed by atoms with Gasteiger partial charge in [-0.2, -0.15) is 14.9 Å². The SMILES string of the molecule is CCOc1cccc2sc(-n3nc(C)cc3NC(=O)c3ccn(CC)n3)nc12. The number of rotatable bonds is 6. The molecule has 3 aromatic heterocycles. The summed E-state index contributed by atoms with van der Waals surface area (Å²) in [6, 6.07) is 9.33. The molecule has 8 nitrogen and oxygen atoms in total. The number of fused-ring (bicyclic) bond motifs is 1. The van der Waals surface area contributed by atoms with Crippen LogP contribution in [0.15, 0.2) is 36.5 Å². The minimum atomic E-state index is -0.288. The third kappa shape index (κ3) is 3.36. The molecule has 0 spiro atoms. The monoisotopic (exact) mass is 396 g/mol. The van der Waals surface area contributed by atoms with Crippen LogP contribution in [-0.2, 0) is 6.54 Å². The van der Waals surface area contributed by atoms with E-state index in [1.807, 2.05) is 45.0 Å². The van der Waals surface area contributed by atoms with Crippen molar-refractivity contribution in [3.63, 3.8) is 0 Å². The summed E-state index contributed by atoms with van der Waals surface area (Å²) in [5.41, 5.74) is 1.92. The Bertz CT molecular complexity index is 1140. The molecule has 1 N–H and O–H groups in total. The van der Waals surface area contributed by atoms with E-state index in [2.05, 4.69) is 15.5 Å². The highest BCUT2D eigenvalue weighted by Crippen LogP contribution is 2.32. The molecule has 1 amide bonds. The molecule has 4 aromatic rings. The number of aromatic nitrogens is 5. The van der Waals surface area contributed by atoms with Gasteiger partial charge in [-0.3, -0.25) is 9.48 Å². The second-order valence-corrected chi connectivity index (χ2v) is 7.14. The summed E-state index contributed by atoms with van der Waals surface area (Å²) in [7, 11) is 0. The van der Waals surface area contributed by atoms with Gasteiger partial charge in [0.2, 0.25) is 5.13 Å². The number of para-hydroxylation sites is 1. The quantitative estimate of drug-likeness (QED) is 0.537. The lowest BCUT2D eigenvalue weighted by Gasteiger charge is -2.05. The predicted molar refractivity (Wildman–Crippen MR) is 109 cm³/mol. The molecule has 0 aliphatic carbocycles. The Kier molecular flexibility index (Phi) is 4.82. The van der Waals surface area contributed by atoms with Gasteiger partial charge in [-0.15, -0.1) is 0 Å². The highest BCUT2D eigenvalue weighted by molar-refractivity contribution is 7.20. The number of amides is 1. The smallest absolute Gasteiger partial charge is 0.277 e. The van der Waals surface area contributed by atoms with E-state index in [0.717, 1.165) is 21.7 Å². The van der Waals surface area contributed by atoms with Gasteiger partial charge in [0.1, 0.15) is 17.1 Å². The Hall–Kier alpha value is -3.20. The molecule has 0 aliphatic rings. The zero-order valence-corrected chi connectivity index (χ0v) is 16.7. The maximum absolute atomic E-state index is 12.6. The van der Waals surface area contributed by atoms with Crippen LogP contribution >= 0.6 is 11.3 Å². The number of anilines is 1. The minimum absolute atomic E-state index is 0.288. The fraction of sp³-hybridized carbons (Fsp3) is 0.263. The van der Waals surface area contributed by atoms with Crippen LogP contribution in [0, 0.1) is 6.92 Å². The number of hydrogen-bond donors (Lipinski definition) is 1. The zero-order valence-electron chi connectivity index (χ0n) is 15.8. The number of hydrogen-bond acceptors (Lipinski definition) is 6. The summed E-state index contributed by atoms with van der Waals surface area (Å²) in [5, 5.41) is 12.3. The van der Waals surface area contributed by atoms with Crippen LogP contribution in [0.2, 0.25) is 0 Å². The summed E-state index contributed by atoms with van der Waals surface area (Å²) in [4.78, 5) is 17.3. The Balaban J connectivity index is 1.69. The standard InChI is InChI=1S/C19H20N6O2S/c1-4-24-10-9-13(23-24)18(26)20-16-11-12(3)22-25(16)19-21-17-14(27-5-2)7-6-8-15(17)28-19/h6-11H,4-5H2,1-3H3,(H,20,26). The normalized spacial score (nSPS) is 11.1. The molecule has 28 heavy (non-hydrogen) atoms. The zero-order chi connectivity index (χ0) is 19.7. The molecule has 0 saturated carbocycles. The summed E-state index contributed by atoms with van der Waals surface area (Å²) >= 11 is 1.49. The van der Waals surface area contributed by atoms with E-state index in [1.165, 1.54) is 11.3 Å². The van der Waals surface area contributed by atoms with Crippen LogP contribution in [0.4, 0.5) is 5.82 Å². The molecule has 144 valence electrons. The Labute approximate surface area is 165 Å². The lowest BCUT2D eigenvalue weighted by molar-refractivity contribution is 0.102. The van der Waals surface area contributed by atoms with Gasteiger partial charge in [-0.05, 0) is 39.0 Å². The number of ether oxygens (including phenoxy) is 1. The van der Waals surface area contributed by atoms with Crippen LogP contribution in [0.1, 0.15) is 30.0 Å². The van der Waals surface area contributed by atoms with Gasteiger partial charge in [-0.1, -0.05) is 17.4 Å². The number of nitrogens with one attached hydrogen (secondary N) is 1. The van der Waals surface area contributed by atoms with E-state index in [4.69, 9.17) is 9.72 Å². The first-order valence-corrected chi connectivity index (χ1v) is 9.85. The average molecular weight is 396 g/mol. The Morgan fingerprint density at radius 1 is 1.25 bits per heavy atom. The van der Waals surface area contributed by atoms with E-state index in [1.54, 1.807) is 21.6 Å². The molecule has 0 aliphatic heterocycles. The van der Waals surface area contributed by atoms with Gasteiger partial charge < -0.3 is 10.1 Å². The highest BCUT2D eigenvalue weighted by Gasteiger charge is 2.18. The molecule has 4 rings (SSSR count). The fourth-order valence-corrected chi connectivity index (χ4v) is 3.80. The molecular weight excluding hydrogens is 376 g/mol. The number of carbonyl (C=O) groups excluding carboxylic acids is 1. The lowest BCUT2D eigenvalue weighted by atomic mass is 10.3. The van der Waals surface area contributed by atoms with Crippen molar-refractivity contribution in [2.45, 2.75) is 27.3 Å². The third-order valence-electron chi connectivity index (χ3n) is 4.12. The van der Waals surface area contributed by atoms with Crippen LogP contribution in [0.25, 0.3) is 15.3 Å².